The van der Waals surface area contributed by atoms with Gasteiger partial charge < -0.3 is 5.32 Å². The number of rotatable bonds is 5. The zero-order chi connectivity index (χ0) is 17.9. The number of nitrogens with one attached hydrogen (secondary N) is 1. The molecule has 0 bridgehead atoms. The van der Waals surface area contributed by atoms with Gasteiger partial charge in [0.2, 0.25) is 10.0 Å². The zero-order valence-electron chi connectivity index (χ0n) is 13.6. The smallest absolute Gasteiger partial charge is 0.252 e. The van der Waals surface area contributed by atoms with E-state index in [0.717, 1.165) is 12.0 Å². The van der Waals surface area contributed by atoms with Crippen LogP contribution >= 0.6 is 15.9 Å². The number of fused-ring (bicyclic) bond motifs is 1. The van der Waals surface area contributed by atoms with Crippen molar-refractivity contribution in [1.29, 1.82) is 0 Å². The molecule has 132 valence electrons. The van der Waals surface area contributed by atoms with Crippen LogP contribution in [0, 0.1) is 0 Å². The first kappa shape index (κ1) is 18.1. The maximum Gasteiger partial charge on any atom is 0.252 e. The Labute approximate surface area is 156 Å². The summed E-state index contributed by atoms with van der Waals surface area (Å²) in [5, 5.41) is 2.68. The summed E-state index contributed by atoms with van der Waals surface area (Å²) < 4.78 is 27.3. The van der Waals surface area contributed by atoms with Gasteiger partial charge in [-0.1, -0.05) is 36.4 Å². The lowest BCUT2D eigenvalue weighted by atomic mass is 10.0. The van der Waals surface area contributed by atoms with Crippen molar-refractivity contribution in [3.05, 3.63) is 69.7 Å². The van der Waals surface area contributed by atoms with Crippen LogP contribution in [0.25, 0.3) is 0 Å². The first-order valence-electron chi connectivity index (χ1n) is 8.05. The van der Waals surface area contributed by atoms with E-state index in [2.05, 4.69) is 21.2 Å². The van der Waals surface area contributed by atoms with E-state index in [0.29, 0.717) is 23.1 Å². The Hall–Kier alpha value is -1.70. The second kappa shape index (κ2) is 7.68. The molecule has 7 heteroatoms. The van der Waals surface area contributed by atoms with E-state index in [9.17, 15) is 13.2 Å². The molecule has 0 spiro atoms. The standard InChI is InChI=1S/C18H19BrN2O3S/c19-17-8-4-3-7-16(17)18(22)20-10-12-25(23,24)21-11-9-14-5-1-2-6-15(14)13-21/h1-8H,9-13H2,(H,20,22). The summed E-state index contributed by atoms with van der Waals surface area (Å²) in [5.41, 5.74) is 2.75. The van der Waals surface area contributed by atoms with Gasteiger partial charge in [0.15, 0.2) is 0 Å². The lowest BCUT2D eigenvalue weighted by molar-refractivity contribution is 0.0955. The molecule has 2 aromatic rings. The van der Waals surface area contributed by atoms with Gasteiger partial charge in [-0.05, 0) is 45.6 Å². The third kappa shape index (κ3) is 4.29. The average Bonchev–Trinajstić information content (AvgIpc) is 2.61. The van der Waals surface area contributed by atoms with Gasteiger partial charge in [-0.15, -0.1) is 0 Å². The van der Waals surface area contributed by atoms with E-state index < -0.39 is 10.0 Å². The number of carbonyl (C=O) groups excluding carboxylic acids is 1. The van der Waals surface area contributed by atoms with Crippen molar-refractivity contribution in [3.63, 3.8) is 0 Å². The Kier molecular flexibility index (Phi) is 5.56. The topological polar surface area (TPSA) is 66.5 Å². The lowest BCUT2D eigenvalue weighted by Crippen LogP contribution is -2.40. The molecule has 1 N–H and O–H groups in total. The largest absolute Gasteiger partial charge is 0.351 e. The second-order valence-electron chi connectivity index (χ2n) is 5.90. The molecule has 0 radical (unpaired) electrons. The minimum atomic E-state index is -3.41. The van der Waals surface area contributed by atoms with Crippen LogP contribution in [-0.4, -0.2) is 37.5 Å². The van der Waals surface area contributed by atoms with Crippen LogP contribution in [0.1, 0.15) is 21.5 Å². The Morgan fingerprint density at radius 1 is 1.08 bits per heavy atom. The summed E-state index contributed by atoms with van der Waals surface area (Å²) in [7, 11) is -3.41. The molecule has 0 saturated carbocycles. The van der Waals surface area contributed by atoms with Gasteiger partial charge in [0.05, 0.1) is 11.3 Å². The molecule has 1 heterocycles. The molecule has 1 aliphatic rings. The number of amides is 1. The fourth-order valence-electron chi connectivity index (χ4n) is 2.87. The van der Waals surface area contributed by atoms with Crippen molar-refractivity contribution in [2.75, 3.05) is 18.8 Å². The van der Waals surface area contributed by atoms with Crippen LogP contribution in [0.3, 0.4) is 0 Å². The SMILES string of the molecule is O=C(NCCS(=O)(=O)N1CCc2ccccc2C1)c1ccccc1Br. The third-order valence-corrected chi connectivity index (χ3v) is 6.76. The van der Waals surface area contributed by atoms with Crippen molar-refractivity contribution in [1.82, 2.24) is 9.62 Å². The number of benzene rings is 2. The molecule has 0 aromatic heterocycles. The van der Waals surface area contributed by atoms with E-state index in [1.54, 1.807) is 18.2 Å². The van der Waals surface area contributed by atoms with E-state index in [1.165, 1.54) is 9.87 Å². The van der Waals surface area contributed by atoms with Crippen molar-refractivity contribution >= 4 is 31.9 Å². The maximum absolute atomic E-state index is 12.5. The Balaban J connectivity index is 1.58. The van der Waals surface area contributed by atoms with Gasteiger partial charge >= 0.3 is 0 Å². The minimum absolute atomic E-state index is 0.0840. The molecule has 1 aliphatic heterocycles. The monoisotopic (exact) mass is 422 g/mol. The number of carbonyl (C=O) groups is 1. The number of hydrogen-bond donors (Lipinski definition) is 1. The fourth-order valence-corrected chi connectivity index (χ4v) is 4.66. The molecular weight excluding hydrogens is 404 g/mol. The molecule has 5 nitrogen and oxygen atoms in total. The van der Waals surface area contributed by atoms with Crippen molar-refractivity contribution in [3.8, 4) is 0 Å². The number of hydrogen-bond acceptors (Lipinski definition) is 3. The average molecular weight is 423 g/mol. The summed E-state index contributed by atoms with van der Waals surface area (Å²) >= 11 is 3.32. The number of halogens is 1. The molecule has 0 unspecified atom stereocenters. The zero-order valence-corrected chi connectivity index (χ0v) is 16.0. The molecule has 1 amide bonds. The summed E-state index contributed by atoms with van der Waals surface area (Å²) in [4.78, 5) is 12.1. The molecule has 0 atom stereocenters. The quantitative estimate of drug-likeness (QED) is 0.804. The van der Waals surface area contributed by atoms with Crippen LogP contribution in [-0.2, 0) is 23.0 Å². The van der Waals surface area contributed by atoms with E-state index in [-0.39, 0.29) is 18.2 Å². The molecule has 3 rings (SSSR count). The first-order valence-corrected chi connectivity index (χ1v) is 10.4. The summed E-state index contributed by atoms with van der Waals surface area (Å²) in [6, 6.07) is 14.9. The summed E-state index contributed by atoms with van der Waals surface area (Å²) in [6.45, 7) is 0.967. The van der Waals surface area contributed by atoms with Crippen LogP contribution in [0.15, 0.2) is 53.0 Å². The van der Waals surface area contributed by atoms with Crippen molar-refractivity contribution in [2.45, 2.75) is 13.0 Å². The highest BCUT2D eigenvalue weighted by Gasteiger charge is 2.26. The van der Waals surface area contributed by atoms with Gasteiger partial charge in [0.25, 0.3) is 5.91 Å². The number of nitrogens with zero attached hydrogens (tertiary/aromatic N) is 1. The summed E-state index contributed by atoms with van der Waals surface area (Å²) in [6.07, 6.45) is 0.721. The third-order valence-electron chi connectivity index (χ3n) is 4.25. The van der Waals surface area contributed by atoms with Gasteiger partial charge in [-0.2, -0.15) is 4.31 Å². The Morgan fingerprint density at radius 3 is 2.52 bits per heavy atom. The van der Waals surface area contributed by atoms with Gasteiger partial charge in [0, 0.05) is 24.1 Å². The highest BCUT2D eigenvalue weighted by atomic mass is 79.9. The molecule has 0 fully saturated rings. The van der Waals surface area contributed by atoms with Crippen LogP contribution in [0.2, 0.25) is 0 Å². The maximum atomic E-state index is 12.5. The van der Waals surface area contributed by atoms with Crippen LogP contribution < -0.4 is 5.32 Å². The second-order valence-corrected chi connectivity index (χ2v) is 8.85. The van der Waals surface area contributed by atoms with E-state index in [1.807, 2.05) is 30.3 Å². The number of sulfonamides is 1. The first-order chi connectivity index (χ1) is 12.0. The fraction of sp³-hybridized carbons (Fsp3) is 0.278. The van der Waals surface area contributed by atoms with Crippen LogP contribution in [0.4, 0.5) is 0 Å². The van der Waals surface area contributed by atoms with Gasteiger partial charge in [-0.3, -0.25) is 4.79 Å². The van der Waals surface area contributed by atoms with Crippen LogP contribution in [0.5, 0.6) is 0 Å². The van der Waals surface area contributed by atoms with Gasteiger partial charge in [0.1, 0.15) is 0 Å². The molecule has 2 aromatic carbocycles. The van der Waals surface area contributed by atoms with Crippen molar-refractivity contribution < 1.29 is 13.2 Å². The van der Waals surface area contributed by atoms with Gasteiger partial charge in [-0.25, -0.2) is 8.42 Å². The molecule has 0 aliphatic carbocycles. The highest BCUT2D eigenvalue weighted by molar-refractivity contribution is 9.10. The molecule has 0 saturated heterocycles. The lowest BCUT2D eigenvalue weighted by Gasteiger charge is -2.28. The Morgan fingerprint density at radius 2 is 1.76 bits per heavy atom. The predicted octanol–water partition coefficient (Wildman–Crippen LogP) is 2.57. The highest BCUT2D eigenvalue weighted by Crippen LogP contribution is 2.21. The summed E-state index contributed by atoms with van der Waals surface area (Å²) in [5.74, 6) is -0.391. The van der Waals surface area contributed by atoms with E-state index >= 15 is 0 Å². The molecule has 25 heavy (non-hydrogen) atoms. The Bertz CT molecular complexity index is 883. The van der Waals surface area contributed by atoms with Crippen molar-refractivity contribution in [2.24, 2.45) is 0 Å². The molecular formula is C18H19BrN2O3S. The normalized spacial score (nSPS) is 14.8. The predicted molar refractivity (Wildman–Crippen MR) is 101 cm³/mol. The minimum Gasteiger partial charge on any atom is -0.351 e. The van der Waals surface area contributed by atoms with E-state index in [4.69, 9.17) is 0 Å².